The van der Waals surface area contributed by atoms with Crippen molar-refractivity contribution < 1.29 is 4.79 Å². The van der Waals surface area contributed by atoms with E-state index in [9.17, 15) is 4.79 Å². The largest absolute Gasteiger partial charge is 0.344 e. The molecule has 6 heteroatoms. The van der Waals surface area contributed by atoms with Crippen LogP contribution in [-0.2, 0) is 6.54 Å². The van der Waals surface area contributed by atoms with E-state index < -0.39 is 0 Å². The van der Waals surface area contributed by atoms with Crippen molar-refractivity contribution in [2.24, 2.45) is 5.73 Å². The number of hydrogen-bond acceptors (Lipinski definition) is 4. The standard InChI is InChI=1S/C16H21N5O/c17-12-16(8-4-5-9-16)18-15(22)14-11-21(20-19-14)10-13-6-2-1-3-7-13/h1-3,6-7,11H,4-5,8-10,12,17H2,(H,18,22). The highest BCUT2D eigenvalue weighted by Crippen LogP contribution is 2.28. The van der Waals surface area contributed by atoms with Crippen LogP contribution in [0.4, 0.5) is 0 Å². The molecule has 1 amide bonds. The first kappa shape index (κ1) is 14.7. The van der Waals surface area contributed by atoms with Gasteiger partial charge in [0.2, 0.25) is 0 Å². The maximum absolute atomic E-state index is 12.3. The maximum atomic E-state index is 12.3. The Morgan fingerprint density at radius 1 is 1.27 bits per heavy atom. The fourth-order valence-corrected chi connectivity index (χ4v) is 2.99. The van der Waals surface area contributed by atoms with Crippen molar-refractivity contribution in [3.63, 3.8) is 0 Å². The minimum atomic E-state index is -0.264. The zero-order valence-corrected chi connectivity index (χ0v) is 12.5. The van der Waals surface area contributed by atoms with E-state index in [0.29, 0.717) is 18.8 Å². The van der Waals surface area contributed by atoms with Crippen LogP contribution in [0.2, 0.25) is 0 Å². The third-order valence-corrected chi connectivity index (χ3v) is 4.29. The number of nitrogens with zero attached hydrogens (tertiary/aromatic N) is 3. The Labute approximate surface area is 129 Å². The third-order valence-electron chi connectivity index (χ3n) is 4.29. The number of carbonyl (C=O) groups excluding carboxylic acids is 1. The van der Waals surface area contributed by atoms with Gasteiger partial charge in [-0.2, -0.15) is 0 Å². The molecule has 22 heavy (non-hydrogen) atoms. The molecule has 1 aliphatic rings. The van der Waals surface area contributed by atoms with E-state index in [4.69, 9.17) is 5.73 Å². The third kappa shape index (κ3) is 3.17. The molecule has 2 aromatic rings. The predicted molar refractivity (Wildman–Crippen MR) is 83.3 cm³/mol. The summed E-state index contributed by atoms with van der Waals surface area (Å²) in [6.45, 7) is 1.07. The van der Waals surface area contributed by atoms with Gasteiger partial charge in [-0.25, -0.2) is 4.68 Å². The molecule has 1 saturated carbocycles. The SMILES string of the molecule is NCC1(NC(=O)c2cn(Cc3ccccc3)nn2)CCCC1. The van der Waals surface area contributed by atoms with Gasteiger partial charge in [0.15, 0.2) is 5.69 Å². The quantitative estimate of drug-likeness (QED) is 0.872. The molecule has 0 bridgehead atoms. The van der Waals surface area contributed by atoms with Gasteiger partial charge in [-0.1, -0.05) is 48.4 Å². The van der Waals surface area contributed by atoms with Crippen molar-refractivity contribution in [3.8, 4) is 0 Å². The van der Waals surface area contributed by atoms with Gasteiger partial charge in [-0.3, -0.25) is 4.79 Å². The molecule has 6 nitrogen and oxygen atoms in total. The monoisotopic (exact) mass is 299 g/mol. The lowest BCUT2D eigenvalue weighted by Crippen LogP contribution is -2.51. The van der Waals surface area contributed by atoms with E-state index in [-0.39, 0.29) is 11.4 Å². The lowest BCUT2D eigenvalue weighted by atomic mass is 9.98. The Balaban J connectivity index is 1.66. The first-order chi connectivity index (χ1) is 10.7. The number of hydrogen-bond donors (Lipinski definition) is 2. The summed E-state index contributed by atoms with van der Waals surface area (Å²) in [5, 5.41) is 11.1. The van der Waals surface area contributed by atoms with Crippen molar-refractivity contribution >= 4 is 5.91 Å². The molecule has 3 N–H and O–H groups in total. The topological polar surface area (TPSA) is 85.8 Å². The van der Waals surface area contributed by atoms with Crippen LogP contribution >= 0.6 is 0 Å². The summed E-state index contributed by atoms with van der Waals surface area (Å²) in [7, 11) is 0. The molecule has 1 heterocycles. The first-order valence-corrected chi connectivity index (χ1v) is 7.67. The molecule has 3 rings (SSSR count). The highest BCUT2D eigenvalue weighted by atomic mass is 16.2. The van der Waals surface area contributed by atoms with Crippen LogP contribution in [0.15, 0.2) is 36.5 Å². The fraction of sp³-hybridized carbons (Fsp3) is 0.438. The second-order valence-corrected chi connectivity index (χ2v) is 5.93. The maximum Gasteiger partial charge on any atom is 0.273 e. The zero-order chi connectivity index (χ0) is 15.4. The van der Waals surface area contributed by atoms with Gasteiger partial charge in [0.05, 0.1) is 18.3 Å². The molecule has 116 valence electrons. The number of benzene rings is 1. The molecule has 0 saturated heterocycles. The van der Waals surface area contributed by atoms with E-state index in [1.165, 1.54) is 0 Å². The van der Waals surface area contributed by atoms with Crippen LogP contribution < -0.4 is 11.1 Å². The molecular formula is C16H21N5O. The summed E-state index contributed by atoms with van der Waals surface area (Å²) in [5.74, 6) is -0.188. The van der Waals surface area contributed by atoms with Crippen LogP contribution in [0.3, 0.4) is 0 Å². The summed E-state index contributed by atoms with van der Waals surface area (Å²) in [5.41, 5.74) is 7.05. The first-order valence-electron chi connectivity index (χ1n) is 7.67. The zero-order valence-electron chi connectivity index (χ0n) is 12.5. The summed E-state index contributed by atoms with van der Waals surface area (Å²) >= 11 is 0. The predicted octanol–water partition coefficient (Wildman–Crippen LogP) is 1.33. The molecule has 0 aliphatic heterocycles. The van der Waals surface area contributed by atoms with Crippen molar-refractivity contribution in [1.29, 1.82) is 0 Å². The Morgan fingerprint density at radius 2 is 2.00 bits per heavy atom. The summed E-state index contributed by atoms with van der Waals surface area (Å²) in [6.07, 6.45) is 5.78. The van der Waals surface area contributed by atoms with Gasteiger partial charge < -0.3 is 11.1 Å². The average Bonchev–Trinajstić information content (AvgIpc) is 3.18. The van der Waals surface area contributed by atoms with Crippen LogP contribution in [0.1, 0.15) is 41.7 Å². The highest BCUT2D eigenvalue weighted by molar-refractivity contribution is 5.92. The number of nitrogens with one attached hydrogen (secondary N) is 1. The van der Waals surface area contributed by atoms with Crippen LogP contribution in [0.25, 0.3) is 0 Å². The second-order valence-electron chi connectivity index (χ2n) is 5.93. The average molecular weight is 299 g/mol. The van der Waals surface area contributed by atoms with E-state index in [0.717, 1.165) is 31.2 Å². The highest BCUT2D eigenvalue weighted by Gasteiger charge is 2.34. The van der Waals surface area contributed by atoms with Gasteiger partial charge in [-0.15, -0.1) is 5.10 Å². The van der Waals surface area contributed by atoms with E-state index in [1.54, 1.807) is 10.9 Å². The molecule has 0 spiro atoms. The van der Waals surface area contributed by atoms with Crippen molar-refractivity contribution in [1.82, 2.24) is 20.3 Å². The van der Waals surface area contributed by atoms with E-state index >= 15 is 0 Å². The molecular weight excluding hydrogens is 278 g/mol. The molecule has 1 aromatic carbocycles. The second kappa shape index (κ2) is 6.27. The van der Waals surface area contributed by atoms with Crippen molar-refractivity contribution in [2.45, 2.75) is 37.8 Å². The molecule has 1 fully saturated rings. The smallest absolute Gasteiger partial charge is 0.273 e. The van der Waals surface area contributed by atoms with Crippen LogP contribution in [-0.4, -0.2) is 33.0 Å². The lowest BCUT2D eigenvalue weighted by molar-refractivity contribution is 0.0898. The summed E-state index contributed by atoms with van der Waals surface area (Å²) in [6, 6.07) is 9.96. The molecule has 0 atom stereocenters. The number of carbonyl (C=O) groups is 1. The fourth-order valence-electron chi connectivity index (χ4n) is 2.99. The molecule has 0 unspecified atom stereocenters. The van der Waals surface area contributed by atoms with Gasteiger partial charge in [0, 0.05) is 6.54 Å². The Morgan fingerprint density at radius 3 is 2.68 bits per heavy atom. The summed E-state index contributed by atoms with van der Waals surface area (Å²) in [4.78, 5) is 12.3. The minimum absolute atomic E-state index is 0.188. The van der Waals surface area contributed by atoms with Crippen LogP contribution in [0, 0.1) is 0 Å². The molecule has 1 aromatic heterocycles. The molecule has 0 radical (unpaired) electrons. The Hall–Kier alpha value is -2.21. The van der Waals surface area contributed by atoms with Gasteiger partial charge >= 0.3 is 0 Å². The van der Waals surface area contributed by atoms with Crippen LogP contribution in [0.5, 0.6) is 0 Å². The van der Waals surface area contributed by atoms with E-state index in [2.05, 4.69) is 15.6 Å². The number of amides is 1. The van der Waals surface area contributed by atoms with E-state index in [1.807, 2.05) is 30.3 Å². The van der Waals surface area contributed by atoms with Gasteiger partial charge in [-0.05, 0) is 18.4 Å². The van der Waals surface area contributed by atoms with Gasteiger partial charge in [0.25, 0.3) is 5.91 Å². The normalized spacial score (nSPS) is 16.6. The number of rotatable bonds is 5. The molecule has 1 aliphatic carbocycles. The lowest BCUT2D eigenvalue weighted by Gasteiger charge is -2.28. The Bertz CT molecular complexity index is 631. The van der Waals surface area contributed by atoms with Gasteiger partial charge in [0.1, 0.15) is 0 Å². The summed E-state index contributed by atoms with van der Waals surface area (Å²) < 4.78 is 1.67. The minimum Gasteiger partial charge on any atom is -0.344 e. The van der Waals surface area contributed by atoms with Crippen molar-refractivity contribution in [3.05, 3.63) is 47.8 Å². The number of nitrogens with two attached hydrogens (primary N) is 1. The number of aromatic nitrogens is 3. The van der Waals surface area contributed by atoms with Crippen molar-refractivity contribution in [2.75, 3.05) is 6.54 Å². The Kier molecular flexibility index (Phi) is 4.20.